The van der Waals surface area contributed by atoms with Crippen LogP contribution >= 0.6 is 24.0 Å². The van der Waals surface area contributed by atoms with Crippen LogP contribution < -0.4 is 5.73 Å². The van der Waals surface area contributed by atoms with Crippen molar-refractivity contribution in [2.45, 2.75) is 17.6 Å². The van der Waals surface area contributed by atoms with Gasteiger partial charge in [0.1, 0.15) is 0 Å². The first-order valence-corrected chi connectivity index (χ1v) is 4.07. The fourth-order valence-corrected chi connectivity index (χ4v) is 1.79. The highest BCUT2D eigenvalue weighted by Crippen LogP contribution is 2.27. The molecule has 0 unspecified atom stereocenters. The van der Waals surface area contributed by atoms with Crippen molar-refractivity contribution in [3.05, 3.63) is 10.9 Å². The quantitative estimate of drug-likeness (QED) is 0.603. The Balaban J connectivity index is 2.98. The summed E-state index contributed by atoms with van der Waals surface area (Å²) in [6.45, 7) is 2.11. The smallest absolute Gasteiger partial charge is 0.0801 e. The van der Waals surface area contributed by atoms with Gasteiger partial charge in [-0.1, -0.05) is 6.92 Å². The maximum atomic E-state index is 5.55. The Morgan fingerprint density at radius 1 is 1.78 bits per heavy atom. The molecule has 0 fully saturated rings. The molecule has 0 aliphatic carbocycles. The molecule has 0 aliphatic heterocycles. The van der Waals surface area contributed by atoms with E-state index in [1.807, 2.05) is 6.07 Å². The molecular weight excluding hydrogens is 150 g/mol. The molecule has 9 heavy (non-hydrogen) atoms. The van der Waals surface area contributed by atoms with Gasteiger partial charge in [0.15, 0.2) is 0 Å². The Morgan fingerprint density at radius 2 is 2.44 bits per heavy atom. The molecule has 2 N–H and O–H groups in total. The maximum absolute atomic E-state index is 5.55. The molecule has 1 aromatic rings. The van der Waals surface area contributed by atoms with Crippen molar-refractivity contribution in [3.63, 3.8) is 0 Å². The van der Waals surface area contributed by atoms with Gasteiger partial charge in [0.2, 0.25) is 0 Å². The second-order valence-corrected chi connectivity index (χ2v) is 3.71. The van der Waals surface area contributed by atoms with E-state index < -0.39 is 0 Å². The topological polar surface area (TPSA) is 26.0 Å². The molecule has 50 valence electrons. The second kappa shape index (κ2) is 2.62. The minimum Gasteiger partial charge on any atom is -0.397 e. The van der Waals surface area contributed by atoms with Crippen molar-refractivity contribution in [1.29, 1.82) is 0 Å². The number of hydrogen-bond donors (Lipinski definition) is 2. The molecule has 0 atom stereocenters. The number of nitrogen functional groups attached to an aromatic ring is 1. The van der Waals surface area contributed by atoms with E-state index in [1.165, 1.54) is 4.88 Å². The van der Waals surface area contributed by atoms with Crippen molar-refractivity contribution < 1.29 is 0 Å². The van der Waals surface area contributed by atoms with Crippen molar-refractivity contribution in [2.75, 3.05) is 5.73 Å². The number of anilines is 1. The third-order valence-electron chi connectivity index (χ3n) is 1.14. The van der Waals surface area contributed by atoms with Crippen LogP contribution in [0.15, 0.2) is 10.3 Å². The van der Waals surface area contributed by atoms with Crippen LogP contribution in [0.4, 0.5) is 5.69 Å². The third-order valence-corrected chi connectivity index (χ3v) is 2.77. The number of nitrogens with two attached hydrogens (primary N) is 1. The number of rotatable bonds is 1. The summed E-state index contributed by atoms with van der Waals surface area (Å²) in [6.07, 6.45) is 1.05. The molecule has 1 aromatic heterocycles. The zero-order chi connectivity index (χ0) is 6.85. The minimum absolute atomic E-state index is 0.806. The van der Waals surface area contributed by atoms with Crippen LogP contribution in [0.1, 0.15) is 11.8 Å². The SMILES string of the molecule is CCc1cc(N)c(S)s1. The first-order chi connectivity index (χ1) is 4.24. The first-order valence-electron chi connectivity index (χ1n) is 2.81. The van der Waals surface area contributed by atoms with E-state index in [0.717, 1.165) is 16.3 Å². The second-order valence-electron chi connectivity index (χ2n) is 1.83. The van der Waals surface area contributed by atoms with E-state index in [4.69, 9.17) is 5.73 Å². The predicted molar refractivity (Wildman–Crippen MR) is 45.4 cm³/mol. The Morgan fingerprint density at radius 3 is 2.67 bits per heavy atom. The summed E-state index contributed by atoms with van der Waals surface area (Å²) >= 11 is 5.82. The molecular formula is C6H9NS2. The number of thiophene rings is 1. The van der Waals surface area contributed by atoms with Gasteiger partial charge in [0.25, 0.3) is 0 Å². The Labute approximate surface area is 64.3 Å². The van der Waals surface area contributed by atoms with Gasteiger partial charge in [-0.05, 0) is 12.5 Å². The molecule has 1 nitrogen and oxygen atoms in total. The Kier molecular flexibility index (Phi) is 2.03. The van der Waals surface area contributed by atoms with Crippen LogP contribution in [0.2, 0.25) is 0 Å². The van der Waals surface area contributed by atoms with Crippen LogP contribution in [-0.4, -0.2) is 0 Å². The monoisotopic (exact) mass is 159 g/mol. The molecule has 0 radical (unpaired) electrons. The molecule has 3 heteroatoms. The molecule has 0 spiro atoms. The summed E-state index contributed by atoms with van der Waals surface area (Å²) in [5.41, 5.74) is 6.36. The van der Waals surface area contributed by atoms with Gasteiger partial charge in [-0.15, -0.1) is 24.0 Å². The summed E-state index contributed by atoms with van der Waals surface area (Å²) in [5, 5.41) is 0. The largest absolute Gasteiger partial charge is 0.397 e. The normalized spacial score (nSPS) is 10.0. The summed E-state index contributed by atoms with van der Waals surface area (Å²) in [6, 6.07) is 1.98. The lowest BCUT2D eigenvalue weighted by Crippen LogP contribution is -1.78. The van der Waals surface area contributed by atoms with Gasteiger partial charge >= 0.3 is 0 Å². The average Bonchev–Trinajstić information content (AvgIpc) is 2.13. The first kappa shape index (κ1) is 6.96. The van der Waals surface area contributed by atoms with Crippen molar-refractivity contribution in [2.24, 2.45) is 0 Å². The Hall–Kier alpha value is -0.150. The molecule has 0 bridgehead atoms. The van der Waals surface area contributed by atoms with Crippen molar-refractivity contribution >= 4 is 29.7 Å². The van der Waals surface area contributed by atoms with Crippen LogP contribution in [-0.2, 0) is 6.42 Å². The molecule has 0 amide bonds. The van der Waals surface area contributed by atoms with Gasteiger partial charge in [-0.2, -0.15) is 0 Å². The molecule has 0 saturated carbocycles. The van der Waals surface area contributed by atoms with E-state index in [0.29, 0.717) is 0 Å². The van der Waals surface area contributed by atoms with E-state index >= 15 is 0 Å². The van der Waals surface area contributed by atoms with E-state index in [9.17, 15) is 0 Å². The van der Waals surface area contributed by atoms with Crippen LogP contribution in [0.3, 0.4) is 0 Å². The lowest BCUT2D eigenvalue weighted by molar-refractivity contribution is 1.19. The summed E-state index contributed by atoms with van der Waals surface area (Å²) in [4.78, 5) is 1.30. The lowest BCUT2D eigenvalue weighted by Gasteiger charge is -1.80. The average molecular weight is 159 g/mol. The highest BCUT2D eigenvalue weighted by Gasteiger charge is 1.98. The highest BCUT2D eigenvalue weighted by atomic mass is 32.2. The summed E-state index contributed by atoms with van der Waals surface area (Å²) < 4.78 is 0.937. The van der Waals surface area contributed by atoms with Gasteiger partial charge in [0.05, 0.1) is 9.90 Å². The van der Waals surface area contributed by atoms with E-state index in [2.05, 4.69) is 19.6 Å². The van der Waals surface area contributed by atoms with Gasteiger partial charge in [-0.25, -0.2) is 0 Å². The van der Waals surface area contributed by atoms with Crippen molar-refractivity contribution in [3.8, 4) is 0 Å². The zero-order valence-electron chi connectivity index (χ0n) is 5.22. The highest BCUT2D eigenvalue weighted by molar-refractivity contribution is 7.83. The number of hydrogen-bond acceptors (Lipinski definition) is 3. The molecule has 1 rings (SSSR count). The number of aryl methyl sites for hydroxylation is 1. The minimum atomic E-state index is 0.806. The standard InChI is InChI=1S/C6H9NS2/c1-2-4-3-5(7)6(8)9-4/h3,8H,2,7H2,1H3. The van der Waals surface area contributed by atoms with Gasteiger partial charge in [-0.3, -0.25) is 0 Å². The molecule has 0 aliphatic rings. The van der Waals surface area contributed by atoms with Gasteiger partial charge in [0, 0.05) is 4.88 Å². The maximum Gasteiger partial charge on any atom is 0.0801 e. The third kappa shape index (κ3) is 1.40. The van der Waals surface area contributed by atoms with Crippen LogP contribution in [0, 0.1) is 0 Å². The van der Waals surface area contributed by atoms with Crippen LogP contribution in [0.5, 0.6) is 0 Å². The van der Waals surface area contributed by atoms with Gasteiger partial charge < -0.3 is 5.73 Å². The summed E-state index contributed by atoms with van der Waals surface area (Å²) in [7, 11) is 0. The molecule has 0 aromatic carbocycles. The Bertz CT molecular complexity index is 185. The zero-order valence-corrected chi connectivity index (χ0v) is 6.93. The fourth-order valence-electron chi connectivity index (χ4n) is 0.622. The predicted octanol–water partition coefficient (Wildman–Crippen LogP) is 2.18. The van der Waals surface area contributed by atoms with Crippen LogP contribution in [0.25, 0.3) is 0 Å². The fraction of sp³-hybridized carbons (Fsp3) is 0.333. The van der Waals surface area contributed by atoms with Crippen molar-refractivity contribution in [1.82, 2.24) is 0 Å². The van der Waals surface area contributed by atoms with E-state index in [-0.39, 0.29) is 0 Å². The lowest BCUT2D eigenvalue weighted by atomic mass is 10.4. The summed E-state index contributed by atoms with van der Waals surface area (Å²) in [5.74, 6) is 0. The molecule has 1 heterocycles. The van der Waals surface area contributed by atoms with E-state index in [1.54, 1.807) is 11.3 Å². The molecule has 0 saturated heterocycles. The number of thiol groups is 1.